The van der Waals surface area contributed by atoms with Crippen molar-refractivity contribution in [1.82, 2.24) is 0 Å². The van der Waals surface area contributed by atoms with E-state index in [2.05, 4.69) is 23.7 Å². The lowest BCUT2D eigenvalue weighted by atomic mass is 9.99. The fraction of sp³-hybridized carbons (Fsp3) is 0.864. The molecule has 0 spiro atoms. The lowest BCUT2D eigenvalue weighted by Gasteiger charge is -2.09. The van der Waals surface area contributed by atoms with Gasteiger partial charge in [0.25, 0.3) is 0 Å². The molecular weight excluding hydrogens is 312 g/mol. The average Bonchev–Trinajstić information content (AvgIpc) is 2.64. The summed E-state index contributed by atoms with van der Waals surface area (Å²) < 4.78 is 0. The molecule has 1 N–H and O–H groups in total. The second-order valence-electron chi connectivity index (χ2n) is 7.05. The van der Waals surface area contributed by atoms with Gasteiger partial charge in [-0.05, 0) is 25.7 Å². The highest BCUT2D eigenvalue weighted by Gasteiger charge is 2.17. The Morgan fingerprint density at radius 1 is 0.800 bits per heavy atom. The van der Waals surface area contributed by atoms with Gasteiger partial charge in [-0.15, -0.1) is 11.8 Å². The third kappa shape index (κ3) is 16.2. The van der Waals surface area contributed by atoms with Crippen molar-refractivity contribution in [1.29, 1.82) is 0 Å². The van der Waals surface area contributed by atoms with Crippen molar-refractivity contribution in [2.45, 2.75) is 117 Å². The maximum atomic E-state index is 11.2. The van der Waals surface area contributed by atoms with E-state index < -0.39 is 5.97 Å². The van der Waals surface area contributed by atoms with Crippen LogP contribution < -0.4 is 0 Å². The molecule has 3 nitrogen and oxygen atoms in total. The highest BCUT2D eigenvalue weighted by Crippen LogP contribution is 2.15. The van der Waals surface area contributed by atoms with Gasteiger partial charge in [0.1, 0.15) is 0 Å². The largest absolute Gasteiger partial charge is 0.345 e. The van der Waals surface area contributed by atoms with E-state index in [1.165, 1.54) is 64.2 Å². The second kappa shape index (κ2) is 19.3. The first-order valence-electron chi connectivity index (χ1n) is 10.6. The minimum atomic E-state index is -0.505. The molecule has 0 amide bonds. The number of carbonyl (C=O) groups is 1. The van der Waals surface area contributed by atoms with E-state index >= 15 is 0 Å². The maximum Gasteiger partial charge on any atom is 0.345 e. The van der Waals surface area contributed by atoms with Crippen LogP contribution in [0.4, 0.5) is 0 Å². The Balaban J connectivity index is 3.33. The zero-order chi connectivity index (χ0) is 18.6. The van der Waals surface area contributed by atoms with Crippen molar-refractivity contribution in [2.75, 3.05) is 0 Å². The van der Waals surface area contributed by atoms with Crippen molar-refractivity contribution in [3.8, 4) is 11.8 Å². The van der Waals surface area contributed by atoms with Gasteiger partial charge in [0.2, 0.25) is 0 Å². The average molecular weight is 353 g/mol. The van der Waals surface area contributed by atoms with Crippen molar-refractivity contribution >= 4 is 5.97 Å². The topological polar surface area (TPSA) is 46.5 Å². The van der Waals surface area contributed by atoms with Crippen molar-refractivity contribution in [3.63, 3.8) is 0 Å². The van der Waals surface area contributed by atoms with E-state index in [0.29, 0.717) is 6.42 Å². The Labute approximate surface area is 155 Å². The molecular formula is C22H40O3. The molecule has 0 bridgehead atoms. The van der Waals surface area contributed by atoms with Crippen molar-refractivity contribution in [3.05, 3.63) is 0 Å². The van der Waals surface area contributed by atoms with E-state index in [-0.39, 0.29) is 5.92 Å². The Hall–Kier alpha value is -1.01. The molecule has 146 valence electrons. The standard InChI is InChI=1S/C22H40O3/c1-3-5-6-7-8-9-10-11-12-13-14-15-16-17-18-19-20-21(4-2)22(23)25-24/h21,24H,3-14,17-20H2,1-2H3. The molecule has 0 radical (unpaired) electrons. The number of carbonyl (C=O) groups excluding carboxylic acids is 1. The maximum absolute atomic E-state index is 11.2. The van der Waals surface area contributed by atoms with Gasteiger partial charge in [0.15, 0.2) is 0 Å². The summed E-state index contributed by atoms with van der Waals surface area (Å²) in [5, 5.41) is 8.40. The van der Waals surface area contributed by atoms with Crippen LogP contribution in [0.3, 0.4) is 0 Å². The van der Waals surface area contributed by atoms with Crippen LogP contribution in [-0.2, 0) is 9.68 Å². The molecule has 0 saturated heterocycles. The quantitative estimate of drug-likeness (QED) is 0.142. The molecule has 0 heterocycles. The number of hydrogen-bond acceptors (Lipinski definition) is 3. The monoisotopic (exact) mass is 352 g/mol. The fourth-order valence-electron chi connectivity index (χ4n) is 3.04. The van der Waals surface area contributed by atoms with Gasteiger partial charge >= 0.3 is 5.97 Å². The number of rotatable bonds is 16. The predicted molar refractivity (Wildman–Crippen MR) is 105 cm³/mol. The second-order valence-corrected chi connectivity index (χ2v) is 7.05. The number of unbranched alkanes of at least 4 members (excludes halogenated alkanes) is 12. The van der Waals surface area contributed by atoms with E-state index in [1.54, 1.807) is 0 Å². The first-order valence-corrected chi connectivity index (χ1v) is 10.6. The summed E-state index contributed by atoms with van der Waals surface area (Å²) >= 11 is 0. The van der Waals surface area contributed by atoms with Gasteiger partial charge in [0, 0.05) is 12.8 Å². The molecule has 0 fully saturated rings. The molecule has 0 aliphatic heterocycles. The highest BCUT2D eigenvalue weighted by atomic mass is 17.1. The molecule has 1 atom stereocenters. The SMILES string of the molecule is CCCCCCCCCCCCC#CCCCCC(CC)C(=O)OO. The van der Waals surface area contributed by atoms with Gasteiger partial charge in [-0.2, -0.15) is 5.26 Å². The van der Waals surface area contributed by atoms with Crippen molar-refractivity contribution in [2.24, 2.45) is 5.92 Å². The summed E-state index contributed by atoms with van der Waals surface area (Å²) in [7, 11) is 0. The van der Waals surface area contributed by atoms with Gasteiger partial charge in [-0.25, -0.2) is 4.79 Å². The molecule has 0 aliphatic carbocycles. The third-order valence-electron chi connectivity index (χ3n) is 4.80. The van der Waals surface area contributed by atoms with Crippen molar-refractivity contribution < 1.29 is 14.9 Å². The summed E-state index contributed by atoms with van der Waals surface area (Å²) in [4.78, 5) is 15.0. The fourth-order valence-corrected chi connectivity index (χ4v) is 3.04. The van der Waals surface area contributed by atoms with Crippen LogP contribution in [0, 0.1) is 17.8 Å². The minimum absolute atomic E-state index is 0.176. The molecule has 0 rings (SSSR count). The summed E-state index contributed by atoms with van der Waals surface area (Å²) in [6.07, 6.45) is 19.0. The Morgan fingerprint density at radius 3 is 1.76 bits per heavy atom. The summed E-state index contributed by atoms with van der Waals surface area (Å²) in [5.41, 5.74) is 0. The molecule has 0 aromatic carbocycles. The zero-order valence-electron chi connectivity index (χ0n) is 16.7. The normalized spacial score (nSPS) is 11.6. The van der Waals surface area contributed by atoms with Gasteiger partial charge in [-0.3, -0.25) is 0 Å². The van der Waals surface area contributed by atoms with Gasteiger partial charge < -0.3 is 4.89 Å². The Bertz CT molecular complexity index is 354. The van der Waals surface area contributed by atoms with E-state index in [4.69, 9.17) is 5.26 Å². The van der Waals surface area contributed by atoms with Crippen LogP contribution in [0.1, 0.15) is 117 Å². The molecule has 25 heavy (non-hydrogen) atoms. The predicted octanol–water partition coefficient (Wildman–Crippen LogP) is 6.90. The van der Waals surface area contributed by atoms with Crippen LogP contribution in [0.25, 0.3) is 0 Å². The molecule has 1 unspecified atom stereocenters. The molecule has 0 saturated carbocycles. The molecule has 3 heteroatoms. The zero-order valence-corrected chi connectivity index (χ0v) is 16.7. The lowest BCUT2D eigenvalue weighted by Crippen LogP contribution is -2.15. The van der Waals surface area contributed by atoms with Crippen LogP contribution in [0.15, 0.2) is 0 Å². The summed E-state index contributed by atoms with van der Waals surface area (Å²) in [5.74, 6) is 5.82. The van der Waals surface area contributed by atoms with Crippen LogP contribution in [0.5, 0.6) is 0 Å². The Morgan fingerprint density at radius 2 is 1.28 bits per heavy atom. The van der Waals surface area contributed by atoms with Gasteiger partial charge in [0.05, 0.1) is 5.92 Å². The lowest BCUT2D eigenvalue weighted by molar-refractivity contribution is -0.239. The molecule has 0 aromatic heterocycles. The third-order valence-corrected chi connectivity index (χ3v) is 4.80. The van der Waals surface area contributed by atoms with E-state index in [1.807, 2.05) is 6.92 Å². The van der Waals surface area contributed by atoms with Crippen LogP contribution in [-0.4, -0.2) is 11.2 Å². The van der Waals surface area contributed by atoms with E-state index in [0.717, 1.165) is 32.1 Å². The van der Waals surface area contributed by atoms with Gasteiger partial charge in [-0.1, -0.05) is 78.1 Å². The number of hydrogen-bond donors (Lipinski definition) is 1. The highest BCUT2D eigenvalue weighted by molar-refractivity contribution is 5.71. The van der Waals surface area contributed by atoms with Crippen LogP contribution >= 0.6 is 0 Å². The summed E-state index contributed by atoms with van der Waals surface area (Å²) in [6, 6.07) is 0. The van der Waals surface area contributed by atoms with E-state index in [9.17, 15) is 4.79 Å². The van der Waals surface area contributed by atoms with Crippen LogP contribution in [0.2, 0.25) is 0 Å². The molecule has 0 aliphatic rings. The minimum Gasteiger partial charge on any atom is -0.301 e. The molecule has 0 aromatic rings. The Kier molecular flexibility index (Phi) is 18.5. The first-order chi connectivity index (χ1) is 12.3. The first kappa shape index (κ1) is 24.0. The summed E-state index contributed by atoms with van der Waals surface area (Å²) in [6.45, 7) is 4.20. The smallest absolute Gasteiger partial charge is 0.301 e.